The van der Waals surface area contributed by atoms with Crippen molar-refractivity contribution in [1.29, 1.82) is 0 Å². The number of hydrogen-bond donors (Lipinski definition) is 2. The summed E-state index contributed by atoms with van der Waals surface area (Å²) in [6.07, 6.45) is 108. The molecule has 0 atom stereocenters. The molecule has 0 aliphatic carbocycles. The number of nitrogens with one attached hydrogen (secondary N) is 2. The van der Waals surface area contributed by atoms with Crippen molar-refractivity contribution in [2.75, 3.05) is 10.6 Å². The summed E-state index contributed by atoms with van der Waals surface area (Å²) in [5.41, 5.74) is 14.4. The van der Waals surface area contributed by atoms with E-state index in [4.69, 9.17) is 15.0 Å². The second-order valence-electron chi connectivity index (χ2n) is 36.0. The van der Waals surface area contributed by atoms with Gasteiger partial charge in [0.15, 0.2) is 5.82 Å². The van der Waals surface area contributed by atoms with Crippen molar-refractivity contribution in [2.24, 2.45) is 0 Å². The zero-order valence-electron chi connectivity index (χ0n) is 76.3. The highest BCUT2D eigenvalue weighted by molar-refractivity contribution is 5.66. The fourth-order valence-corrected chi connectivity index (χ4v) is 17.9. The van der Waals surface area contributed by atoms with Crippen LogP contribution in [0.25, 0.3) is 11.4 Å². The maximum atomic E-state index is 5.47. The fraction of sp³-hybridized carbons (Fsp3) is 0.804. The van der Waals surface area contributed by atoms with E-state index in [0.29, 0.717) is 11.9 Å². The molecule has 642 valence electrons. The fourth-order valence-electron chi connectivity index (χ4n) is 17.9. The van der Waals surface area contributed by atoms with E-state index in [1.54, 1.807) is 33.4 Å². The van der Waals surface area contributed by atoms with E-state index in [1.807, 2.05) is 0 Å². The molecule has 4 aromatic rings. The van der Waals surface area contributed by atoms with Gasteiger partial charge >= 0.3 is 0 Å². The molecule has 2 N–H and O–H groups in total. The third kappa shape index (κ3) is 53.6. The maximum Gasteiger partial charge on any atom is 0.232 e. The molecule has 3 aromatic carbocycles. The molecule has 1 aromatic heterocycles. The first-order chi connectivity index (χ1) is 55.5. The van der Waals surface area contributed by atoms with Crippen molar-refractivity contribution in [2.45, 2.75) is 556 Å². The third-order valence-electron chi connectivity index (χ3n) is 25.4. The molecule has 0 saturated heterocycles. The van der Waals surface area contributed by atoms with Crippen LogP contribution in [-0.4, -0.2) is 15.0 Å². The lowest BCUT2D eigenvalue weighted by atomic mass is 9.89. The van der Waals surface area contributed by atoms with Crippen LogP contribution in [0, 0.1) is 0 Å². The van der Waals surface area contributed by atoms with Gasteiger partial charge in [-0.1, -0.05) is 497 Å². The van der Waals surface area contributed by atoms with Gasteiger partial charge in [-0.15, -0.1) is 0 Å². The van der Waals surface area contributed by atoms with Crippen molar-refractivity contribution >= 4 is 23.3 Å². The number of unbranched alkanes of at least 4 members (excludes halogenated alkanes) is 66. The van der Waals surface area contributed by atoms with Crippen LogP contribution in [0.1, 0.15) is 550 Å². The second kappa shape index (κ2) is 74.8. The van der Waals surface area contributed by atoms with E-state index in [-0.39, 0.29) is 0 Å². The van der Waals surface area contributed by atoms with Gasteiger partial charge in [0.1, 0.15) is 0 Å². The van der Waals surface area contributed by atoms with Gasteiger partial charge < -0.3 is 10.6 Å². The van der Waals surface area contributed by atoms with E-state index < -0.39 is 0 Å². The Kier molecular flexibility index (Phi) is 67.2. The largest absolute Gasteiger partial charge is 0.324 e. The first-order valence-electron chi connectivity index (χ1n) is 51.1. The number of anilines is 4. The molecular weight excluding hydrogens is 1360 g/mol. The van der Waals surface area contributed by atoms with Crippen LogP contribution in [0.3, 0.4) is 0 Å². The lowest BCUT2D eigenvalue weighted by molar-refractivity contribution is 0.540. The Balaban J connectivity index is 1.73. The SMILES string of the molecule is CCCCCCCCCCCCCCc1cc(Nc2nc(Nc3cc(CCCCCCCCCCCCCC)c(CCCCCCCCCCCCCC)c(CCCCCCCCCCCCCC)c3)nc(-c3ccc(CC)cc3)n2)cc(CCCCCCCCCCCCCC)c1CCCCCCCCCCCCCC. The van der Waals surface area contributed by atoms with Gasteiger partial charge in [-0.2, -0.15) is 15.0 Å². The molecule has 0 spiro atoms. The Morgan fingerprint density at radius 2 is 0.375 bits per heavy atom. The zero-order chi connectivity index (χ0) is 79.6. The smallest absolute Gasteiger partial charge is 0.232 e. The minimum absolute atomic E-state index is 0.644. The molecule has 0 amide bonds. The number of aromatic nitrogens is 3. The number of hydrogen-bond acceptors (Lipinski definition) is 5. The Morgan fingerprint density at radius 3 is 0.562 bits per heavy atom. The molecule has 0 fully saturated rings. The van der Waals surface area contributed by atoms with E-state index in [2.05, 4.69) is 108 Å². The maximum absolute atomic E-state index is 5.47. The van der Waals surface area contributed by atoms with Crippen molar-refractivity contribution in [1.82, 2.24) is 15.0 Å². The summed E-state index contributed by atoms with van der Waals surface area (Å²) in [7, 11) is 0. The molecule has 0 unspecified atom stereocenters. The number of benzene rings is 3. The molecule has 0 saturated carbocycles. The zero-order valence-corrected chi connectivity index (χ0v) is 76.3. The molecule has 0 aliphatic rings. The minimum Gasteiger partial charge on any atom is -0.324 e. The highest BCUT2D eigenvalue weighted by Gasteiger charge is 2.18. The van der Waals surface area contributed by atoms with Crippen molar-refractivity contribution in [3.63, 3.8) is 0 Å². The van der Waals surface area contributed by atoms with Gasteiger partial charge in [0.05, 0.1) is 0 Å². The Morgan fingerprint density at radius 1 is 0.196 bits per heavy atom. The first-order valence-corrected chi connectivity index (χ1v) is 51.1. The van der Waals surface area contributed by atoms with Crippen LogP contribution in [-0.2, 0) is 44.9 Å². The quantitative estimate of drug-likeness (QED) is 0.0431. The Labute approximate surface area is 699 Å². The average molecular weight is 1550 g/mol. The number of rotatable bonds is 84. The van der Waals surface area contributed by atoms with Crippen molar-refractivity contribution in [3.05, 3.63) is 87.5 Å². The number of nitrogens with zero attached hydrogens (tertiary/aromatic N) is 3. The summed E-state index contributed by atoms with van der Waals surface area (Å²) in [6.45, 7) is 16.3. The first kappa shape index (κ1) is 101. The van der Waals surface area contributed by atoms with E-state index in [0.717, 1.165) is 54.9 Å². The van der Waals surface area contributed by atoms with E-state index in [1.165, 1.54) is 481 Å². The van der Waals surface area contributed by atoms with E-state index >= 15 is 0 Å². The van der Waals surface area contributed by atoms with Gasteiger partial charge in [0.25, 0.3) is 0 Å². The van der Waals surface area contributed by atoms with Gasteiger partial charge in [0, 0.05) is 16.9 Å². The summed E-state index contributed by atoms with van der Waals surface area (Å²) >= 11 is 0. The van der Waals surface area contributed by atoms with E-state index in [9.17, 15) is 0 Å². The summed E-state index contributed by atoms with van der Waals surface area (Å²) in [5, 5.41) is 7.99. The molecule has 1 heterocycles. The Bertz CT molecular complexity index is 2440. The predicted molar refractivity (Wildman–Crippen MR) is 503 cm³/mol. The molecule has 0 radical (unpaired) electrons. The van der Waals surface area contributed by atoms with Crippen LogP contribution in [0.15, 0.2) is 48.5 Å². The molecule has 5 nitrogen and oxygen atoms in total. The molecule has 0 bridgehead atoms. The minimum atomic E-state index is 0.644. The lowest BCUT2D eigenvalue weighted by Crippen LogP contribution is -2.09. The number of aryl methyl sites for hydroxylation is 5. The molecule has 5 heteroatoms. The van der Waals surface area contributed by atoms with Gasteiger partial charge in [-0.05, 0) is 147 Å². The molecule has 0 aliphatic heterocycles. The highest BCUT2D eigenvalue weighted by Crippen LogP contribution is 2.34. The normalized spacial score (nSPS) is 11.7. The van der Waals surface area contributed by atoms with Crippen LogP contribution in [0.2, 0.25) is 0 Å². The molecule has 112 heavy (non-hydrogen) atoms. The predicted octanol–water partition coefficient (Wildman–Crippen LogP) is 37.0. The van der Waals surface area contributed by atoms with Gasteiger partial charge in [0.2, 0.25) is 11.9 Å². The van der Waals surface area contributed by atoms with Crippen LogP contribution in [0.4, 0.5) is 23.3 Å². The van der Waals surface area contributed by atoms with Crippen LogP contribution < -0.4 is 10.6 Å². The highest BCUT2D eigenvalue weighted by atomic mass is 15.2. The average Bonchev–Trinajstić information content (AvgIpc) is 0.806. The van der Waals surface area contributed by atoms with Crippen molar-refractivity contribution < 1.29 is 0 Å². The topological polar surface area (TPSA) is 62.7 Å². The monoisotopic (exact) mass is 1540 g/mol. The molecular formula is C107H189N5. The lowest BCUT2D eigenvalue weighted by Gasteiger charge is -2.20. The van der Waals surface area contributed by atoms with Gasteiger partial charge in [-0.3, -0.25) is 0 Å². The summed E-state index contributed by atoms with van der Waals surface area (Å²) < 4.78 is 0. The van der Waals surface area contributed by atoms with Gasteiger partial charge in [-0.25, -0.2) is 0 Å². The van der Waals surface area contributed by atoms with Crippen LogP contribution in [0.5, 0.6) is 0 Å². The summed E-state index contributed by atoms with van der Waals surface area (Å²) in [5.74, 6) is 2.02. The second-order valence-corrected chi connectivity index (χ2v) is 36.0. The molecule has 4 rings (SSSR count). The Hall–Kier alpha value is -3.73. The third-order valence-corrected chi connectivity index (χ3v) is 25.4. The van der Waals surface area contributed by atoms with Crippen molar-refractivity contribution in [3.8, 4) is 11.4 Å². The summed E-state index contributed by atoms with van der Waals surface area (Å²) in [4.78, 5) is 16.3. The standard InChI is InChI=1S/C107H189N5/c1-8-15-21-27-33-39-45-51-57-63-69-75-81-97-91-101(92-98(82-76-70-64-58-52-46-40-34-28-22-16-9-2)103(97)85-79-73-67-61-55-49-43-37-31-25-19-12-5)108-106-110-105(96-89-87-95(14-7)88-90-96)111-107(112-106)109-102-93-99(83-77-71-65-59-53-47-41-35-29-23-17-10-3)104(86-80-74-68-62-56-50-44-38-32-26-20-13-6)100(94-102)84-78-72-66-60-54-48-42-36-30-24-18-11-4/h87-94H,8-86H2,1-7H3,(H2,108,109,110,111,112). The van der Waals surface area contributed by atoms with Crippen LogP contribution >= 0.6 is 0 Å². The summed E-state index contributed by atoms with van der Waals surface area (Å²) in [6, 6.07) is 19.3.